The summed E-state index contributed by atoms with van der Waals surface area (Å²) in [5, 5.41) is 26.4. The third kappa shape index (κ3) is 11.0. The maximum atomic E-state index is 12.6. The van der Waals surface area contributed by atoms with E-state index in [-0.39, 0.29) is 36.1 Å². The first kappa shape index (κ1) is 47.4. The van der Waals surface area contributed by atoms with Crippen molar-refractivity contribution in [2.75, 3.05) is 30.9 Å². The van der Waals surface area contributed by atoms with Gasteiger partial charge in [-0.05, 0) is 72.4 Å². The quantitative estimate of drug-likeness (QED) is 0.0297. The molecule has 0 saturated heterocycles. The molecule has 0 bridgehead atoms. The largest absolute Gasteiger partial charge is 0.505 e. The molecule has 62 heavy (non-hydrogen) atoms. The van der Waals surface area contributed by atoms with Crippen molar-refractivity contribution in [2.24, 2.45) is 20.5 Å². The second-order valence-electron chi connectivity index (χ2n) is 11.8. The van der Waals surface area contributed by atoms with Crippen molar-refractivity contribution in [1.29, 1.82) is 0 Å². The van der Waals surface area contributed by atoms with E-state index in [2.05, 4.69) is 40.7 Å². The number of rotatable bonds is 16. The molecule has 4 aromatic carbocycles. The number of halogens is 1. The monoisotopic (exact) mass is 983 g/mol. The van der Waals surface area contributed by atoms with Crippen molar-refractivity contribution in [3.8, 4) is 11.8 Å². The lowest BCUT2D eigenvalue weighted by molar-refractivity contribution is 0.106. The van der Waals surface area contributed by atoms with Crippen molar-refractivity contribution in [3.63, 3.8) is 0 Å². The zero-order valence-corrected chi connectivity index (χ0v) is 35.3. The number of nitrogen functional groups attached to an aromatic ring is 1. The van der Waals surface area contributed by atoms with Gasteiger partial charge in [-0.1, -0.05) is 0 Å². The number of phenolic OH excluding ortho intramolecular Hbond substituents is 1. The Morgan fingerprint density at radius 2 is 1.19 bits per heavy atom. The number of hydrogen-bond acceptors (Lipinski definition) is 22. The van der Waals surface area contributed by atoms with Crippen molar-refractivity contribution in [3.05, 3.63) is 53.8 Å². The topological polar surface area (TPSA) is 437 Å². The van der Waals surface area contributed by atoms with Gasteiger partial charge in [0.1, 0.15) is 48.9 Å². The summed E-state index contributed by atoms with van der Waals surface area (Å²) in [6.45, 7) is 2.34. The lowest BCUT2D eigenvalue weighted by atomic mass is 10.1. The zero-order valence-electron chi connectivity index (χ0n) is 30.4. The van der Waals surface area contributed by atoms with E-state index >= 15 is 0 Å². The van der Waals surface area contributed by atoms with Crippen molar-refractivity contribution < 1.29 is 79.4 Å². The van der Waals surface area contributed by atoms with Crippen LogP contribution in [0.3, 0.4) is 0 Å². The Kier molecular flexibility index (Phi) is 13.5. The van der Waals surface area contributed by atoms with Crippen LogP contribution in [0.15, 0.2) is 93.5 Å². The van der Waals surface area contributed by atoms with Crippen molar-refractivity contribution in [2.45, 2.75) is 31.4 Å². The van der Waals surface area contributed by atoms with Crippen LogP contribution in [0.4, 0.5) is 40.1 Å². The van der Waals surface area contributed by atoms with Crippen LogP contribution in [0.2, 0.25) is 5.28 Å². The maximum Gasteiger partial charge on any atom is 0.322 e. The SMILES string of the molecule is CCOCCOc1nc(Cl)nc(Nc2ccc(S(=O)(=O)O)c(N=Nc3c(S(=O)(=O)O)cc4cc(S(=O)(=O)O)c(N=Nc5cc(S(=O)(=O)O)ccc5S(=O)(=O)O)c(N)c4c3O)c2)n1. The number of ether oxygens (including phenoxy) is 2. The van der Waals surface area contributed by atoms with Crippen LogP contribution in [-0.2, 0) is 55.3 Å². The highest BCUT2D eigenvalue weighted by molar-refractivity contribution is 7.87. The van der Waals surface area contributed by atoms with Gasteiger partial charge in [-0.25, -0.2) is 0 Å². The Labute approximate surface area is 354 Å². The third-order valence-corrected chi connectivity index (χ3v) is 12.2. The molecule has 33 heteroatoms. The second-order valence-corrected chi connectivity index (χ2v) is 19.1. The molecule has 1 aromatic heterocycles. The number of aromatic hydroxyl groups is 1. The van der Waals surface area contributed by atoms with Crippen LogP contribution in [0.5, 0.6) is 11.8 Å². The van der Waals surface area contributed by atoms with Gasteiger partial charge in [0, 0.05) is 12.3 Å². The van der Waals surface area contributed by atoms with Gasteiger partial charge in [0.05, 0.1) is 22.6 Å². The van der Waals surface area contributed by atoms with Crippen LogP contribution in [0, 0.1) is 0 Å². The number of fused-ring (bicyclic) bond motifs is 1. The molecule has 332 valence electrons. The first-order valence-electron chi connectivity index (χ1n) is 16.1. The molecule has 0 unspecified atom stereocenters. The van der Waals surface area contributed by atoms with Crippen LogP contribution in [0.1, 0.15) is 6.92 Å². The molecule has 9 N–H and O–H groups in total. The van der Waals surface area contributed by atoms with E-state index in [4.69, 9.17) is 26.8 Å². The smallest absolute Gasteiger partial charge is 0.322 e. The van der Waals surface area contributed by atoms with Crippen molar-refractivity contribution in [1.82, 2.24) is 15.0 Å². The molecule has 0 aliphatic rings. The van der Waals surface area contributed by atoms with Gasteiger partial charge in [-0.2, -0.15) is 57.0 Å². The molecule has 0 saturated carbocycles. The van der Waals surface area contributed by atoms with Gasteiger partial charge in [0.25, 0.3) is 50.6 Å². The average Bonchev–Trinajstić information content (AvgIpc) is 3.13. The third-order valence-electron chi connectivity index (χ3n) is 7.64. The number of nitrogens with two attached hydrogens (primary N) is 1. The predicted molar refractivity (Wildman–Crippen MR) is 210 cm³/mol. The molecule has 0 amide bonds. The fourth-order valence-electron chi connectivity index (χ4n) is 5.07. The number of hydrogen-bond donors (Lipinski definition) is 8. The fourth-order valence-corrected chi connectivity index (χ4v) is 8.26. The van der Waals surface area contributed by atoms with E-state index in [0.29, 0.717) is 36.9 Å². The molecule has 0 radical (unpaired) electrons. The standard InChI is InChI=1S/C29H26ClN9O18S5/c1-2-56-7-8-57-29-34-27(30)33-28(35-29)32-14-3-5-18(59(44,45)46)16(11-14)36-39-25-21(62(53,54)55)10-13-9-20(61(50,51)52)24(23(31)22(13)26(25)40)38-37-17-12-15(58(41,42)43)4-6-19(17)60(47,48)49/h3-6,9-12,40H,2,7-8,31H2,1H3,(H,41,42,43)(H,44,45,46)(H,47,48,49)(H,50,51,52)(H,53,54,55)(H,32,33,34,35). The van der Waals surface area contributed by atoms with Gasteiger partial charge >= 0.3 is 6.01 Å². The van der Waals surface area contributed by atoms with E-state index in [1.165, 1.54) is 0 Å². The highest BCUT2D eigenvalue weighted by Gasteiger charge is 2.29. The predicted octanol–water partition coefficient (Wildman–Crippen LogP) is 4.19. The zero-order chi connectivity index (χ0) is 46.2. The number of azo groups is 2. The summed E-state index contributed by atoms with van der Waals surface area (Å²) in [5.41, 5.74) is 0.821. The summed E-state index contributed by atoms with van der Waals surface area (Å²) in [4.78, 5) is 5.92. The highest BCUT2D eigenvalue weighted by atomic mass is 35.5. The number of aromatic nitrogens is 3. The minimum absolute atomic E-state index is 0.0131. The molecule has 0 spiro atoms. The van der Waals surface area contributed by atoms with Crippen LogP contribution < -0.4 is 15.8 Å². The Hall–Kier alpha value is -5.65. The Balaban J connectivity index is 1.71. The van der Waals surface area contributed by atoms with E-state index in [1.807, 2.05) is 0 Å². The van der Waals surface area contributed by atoms with Gasteiger partial charge in [0.15, 0.2) is 5.75 Å². The molecule has 5 rings (SSSR count). The minimum Gasteiger partial charge on any atom is -0.505 e. The molecular weight excluding hydrogens is 958 g/mol. The van der Waals surface area contributed by atoms with E-state index in [0.717, 1.165) is 18.2 Å². The van der Waals surface area contributed by atoms with Crippen LogP contribution in [-0.4, -0.2) is 105 Å². The Morgan fingerprint density at radius 3 is 1.74 bits per heavy atom. The maximum absolute atomic E-state index is 12.6. The van der Waals surface area contributed by atoms with E-state index < -0.39 is 120 Å². The summed E-state index contributed by atoms with van der Waals surface area (Å²) in [6, 6.07) is 4.82. The van der Waals surface area contributed by atoms with Gasteiger partial charge in [0.2, 0.25) is 11.2 Å². The molecule has 0 atom stereocenters. The van der Waals surface area contributed by atoms with Crippen LogP contribution >= 0.6 is 11.6 Å². The number of nitrogens with one attached hydrogen (secondary N) is 1. The van der Waals surface area contributed by atoms with Crippen molar-refractivity contribution >= 4 is 113 Å². The van der Waals surface area contributed by atoms with Crippen LogP contribution in [0.25, 0.3) is 10.8 Å². The minimum atomic E-state index is -5.50. The number of phenols is 1. The molecule has 5 aromatic rings. The molecule has 0 aliphatic heterocycles. The normalized spacial score (nSPS) is 13.0. The number of benzene rings is 4. The Bertz CT molecular complexity index is 3280. The van der Waals surface area contributed by atoms with Gasteiger partial charge in [-0.15, -0.1) is 20.5 Å². The lowest BCUT2D eigenvalue weighted by Gasteiger charge is -2.14. The van der Waals surface area contributed by atoms with Gasteiger partial charge < -0.3 is 25.6 Å². The van der Waals surface area contributed by atoms with E-state index in [9.17, 15) is 70.0 Å². The molecular formula is C29H26ClN9O18S5. The summed E-state index contributed by atoms with van der Waals surface area (Å²) in [6.07, 6.45) is 0. The summed E-state index contributed by atoms with van der Waals surface area (Å²) in [7, 11) is -26.4. The average molecular weight is 984 g/mol. The van der Waals surface area contributed by atoms with E-state index in [1.54, 1.807) is 6.92 Å². The highest BCUT2D eigenvalue weighted by Crippen LogP contribution is 2.49. The first-order valence-corrected chi connectivity index (χ1v) is 23.7. The fraction of sp³-hybridized carbons (Fsp3) is 0.138. The summed E-state index contributed by atoms with van der Waals surface area (Å²) >= 11 is 5.96. The molecule has 27 nitrogen and oxygen atoms in total. The molecule has 0 fully saturated rings. The number of nitrogens with zero attached hydrogens (tertiary/aromatic N) is 7. The number of anilines is 3. The molecule has 0 aliphatic carbocycles. The lowest BCUT2D eigenvalue weighted by Crippen LogP contribution is -2.10. The second kappa shape index (κ2) is 17.6. The first-order chi connectivity index (χ1) is 28.6. The Morgan fingerprint density at radius 1 is 0.661 bits per heavy atom. The summed E-state index contributed by atoms with van der Waals surface area (Å²) < 4.78 is 182. The van der Waals surface area contributed by atoms with Gasteiger partial charge in [-0.3, -0.25) is 22.8 Å². The summed E-state index contributed by atoms with van der Waals surface area (Å²) in [5.74, 6) is -1.63. The molecule has 1 heterocycles.